The fourth-order valence-electron chi connectivity index (χ4n) is 1.59. The van der Waals surface area contributed by atoms with E-state index in [1.54, 1.807) is 0 Å². The number of thiophene rings is 1. The Balaban J connectivity index is 2.37. The van der Waals surface area contributed by atoms with Crippen LogP contribution in [0.4, 0.5) is 4.39 Å². The Kier molecular flexibility index (Phi) is 3.68. The van der Waals surface area contributed by atoms with Gasteiger partial charge in [-0.25, -0.2) is 17.6 Å². The number of aromatic carboxylic acids is 1. The zero-order chi connectivity index (χ0) is 14.0. The zero-order valence-electron chi connectivity index (χ0n) is 9.54. The average molecular weight is 300 g/mol. The molecule has 19 heavy (non-hydrogen) atoms. The molecule has 0 saturated heterocycles. The van der Waals surface area contributed by atoms with E-state index in [0.29, 0.717) is 0 Å². The molecule has 0 spiro atoms. The van der Waals surface area contributed by atoms with Crippen molar-refractivity contribution < 1.29 is 22.7 Å². The van der Waals surface area contributed by atoms with Gasteiger partial charge < -0.3 is 5.11 Å². The molecule has 100 valence electrons. The van der Waals surface area contributed by atoms with Gasteiger partial charge in [-0.05, 0) is 35.2 Å². The first kappa shape index (κ1) is 13.7. The van der Waals surface area contributed by atoms with Crippen molar-refractivity contribution in [3.8, 4) is 0 Å². The molecule has 2 rings (SSSR count). The summed E-state index contributed by atoms with van der Waals surface area (Å²) in [6.45, 7) is 0. The maximum absolute atomic E-state index is 13.0. The molecule has 0 amide bonds. The van der Waals surface area contributed by atoms with Crippen molar-refractivity contribution in [1.29, 1.82) is 0 Å². The Morgan fingerprint density at radius 1 is 1.32 bits per heavy atom. The highest BCUT2D eigenvalue weighted by molar-refractivity contribution is 7.90. The summed E-state index contributed by atoms with van der Waals surface area (Å²) in [6, 6.07) is 6.10. The molecule has 1 aromatic carbocycles. The summed E-state index contributed by atoms with van der Waals surface area (Å²) < 4.78 is 37.2. The molecular formula is C12H9FO4S2. The van der Waals surface area contributed by atoms with E-state index >= 15 is 0 Å². The number of carboxylic acids is 1. The van der Waals surface area contributed by atoms with Crippen molar-refractivity contribution in [3.63, 3.8) is 0 Å². The third-order valence-electron chi connectivity index (χ3n) is 2.44. The molecule has 1 aromatic heterocycles. The van der Waals surface area contributed by atoms with Crippen LogP contribution in [-0.4, -0.2) is 19.5 Å². The predicted octanol–water partition coefficient (Wildman–Crippen LogP) is 2.56. The third kappa shape index (κ3) is 2.99. The molecule has 2 aromatic rings. The van der Waals surface area contributed by atoms with E-state index in [9.17, 15) is 17.6 Å². The Labute approximate surface area is 113 Å². The number of hydrogen-bond donors (Lipinski definition) is 1. The van der Waals surface area contributed by atoms with Gasteiger partial charge in [0.15, 0.2) is 9.84 Å². The SMILES string of the molecule is O=C(O)c1sccc1CS(=O)(=O)c1cccc(F)c1. The Morgan fingerprint density at radius 3 is 2.68 bits per heavy atom. The van der Waals surface area contributed by atoms with Crippen molar-refractivity contribution in [2.45, 2.75) is 10.6 Å². The summed E-state index contributed by atoms with van der Waals surface area (Å²) in [4.78, 5) is 10.7. The van der Waals surface area contributed by atoms with Gasteiger partial charge in [0.1, 0.15) is 10.7 Å². The number of benzene rings is 1. The van der Waals surface area contributed by atoms with Crippen LogP contribution >= 0.6 is 11.3 Å². The first-order chi connectivity index (χ1) is 8.90. The molecule has 0 saturated carbocycles. The number of rotatable bonds is 4. The van der Waals surface area contributed by atoms with Gasteiger partial charge in [-0.1, -0.05) is 6.07 Å². The molecule has 0 unspecified atom stereocenters. The largest absolute Gasteiger partial charge is 0.477 e. The molecule has 0 aliphatic rings. The highest BCUT2D eigenvalue weighted by Crippen LogP contribution is 2.23. The molecule has 0 radical (unpaired) electrons. The Hall–Kier alpha value is -1.73. The van der Waals surface area contributed by atoms with Crippen LogP contribution in [0.5, 0.6) is 0 Å². The maximum atomic E-state index is 13.0. The summed E-state index contributed by atoms with van der Waals surface area (Å²) >= 11 is 0.959. The summed E-state index contributed by atoms with van der Waals surface area (Å²) in [6.07, 6.45) is 0. The van der Waals surface area contributed by atoms with Gasteiger partial charge in [0.2, 0.25) is 0 Å². The minimum absolute atomic E-state index is 0.0139. The summed E-state index contributed by atoms with van der Waals surface area (Å²) in [5.41, 5.74) is 0.210. The summed E-state index contributed by atoms with van der Waals surface area (Å²) in [5, 5.41) is 10.4. The molecule has 0 fully saturated rings. The topological polar surface area (TPSA) is 71.4 Å². The van der Waals surface area contributed by atoms with E-state index in [2.05, 4.69) is 0 Å². The summed E-state index contributed by atoms with van der Waals surface area (Å²) in [7, 11) is -3.76. The van der Waals surface area contributed by atoms with Crippen LogP contribution in [0.1, 0.15) is 15.2 Å². The molecule has 0 atom stereocenters. The van der Waals surface area contributed by atoms with E-state index in [0.717, 1.165) is 23.5 Å². The smallest absolute Gasteiger partial charge is 0.346 e. The van der Waals surface area contributed by atoms with E-state index < -0.39 is 27.4 Å². The van der Waals surface area contributed by atoms with Crippen LogP contribution in [0.25, 0.3) is 0 Å². The molecular weight excluding hydrogens is 291 g/mol. The van der Waals surface area contributed by atoms with E-state index in [4.69, 9.17) is 5.11 Å². The fourth-order valence-corrected chi connectivity index (χ4v) is 3.83. The van der Waals surface area contributed by atoms with Crippen LogP contribution < -0.4 is 0 Å². The third-order valence-corrected chi connectivity index (χ3v) is 5.05. The van der Waals surface area contributed by atoms with Crippen LogP contribution in [0.15, 0.2) is 40.6 Å². The fraction of sp³-hybridized carbons (Fsp3) is 0.0833. The number of hydrogen-bond acceptors (Lipinski definition) is 4. The van der Waals surface area contributed by atoms with Gasteiger partial charge in [-0.2, -0.15) is 0 Å². The normalized spacial score (nSPS) is 11.4. The van der Waals surface area contributed by atoms with E-state index in [1.807, 2.05) is 0 Å². The van der Waals surface area contributed by atoms with Gasteiger partial charge in [-0.3, -0.25) is 0 Å². The highest BCUT2D eigenvalue weighted by atomic mass is 32.2. The minimum Gasteiger partial charge on any atom is -0.477 e. The van der Waals surface area contributed by atoms with Crippen LogP contribution in [0, 0.1) is 5.82 Å². The van der Waals surface area contributed by atoms with Crippen LogP contribution in [0.2, 0.25) is 0 Å². The Bertz CT molecular complexity index is 719. The minimum atomic E-state index is -3.76. The summed E-state index contributed by atoms with van der Waals surface area (Å²) in [5.74, 6) is -2.27. The number of halogens is 1. The van der Waals surface area contributed by atoms with Crippen molar-refractivity contribution in [2.24, 2.45) is 0 Å². The second-order valence-electron chi connectivity index (χ2n) is 3.80. The van der Waals surface area contributed by atoms with Crippen LogP contribution in [0.3, 0.4) is 0 Å². The molecule has 0 aliphatic carbocycles. The lowest BCUT2D eigenvalue weighted by Gasteiger charge is -2.04. The standard InChI is InChI=1S/C12H9FO4S2/c13-9-2-1-3-10(6-9)19(16,17)7-8-4-5-18-11(8)12(14)15/h1-6H,7H2,(H,14,15). The average Bonchev–Trinajstić information content (AvgIpc) is 2.76. The molecule has 1 N–H and O–H groups in total. The molecule has 1 heterocycles. The molecule has 4 nitrogen and oxygen atoms in total. The zero-order valence-corrected chi connectivity index (χ0v) is 11.2. The van der Waals surface area contributed by atoms with Gasteiger partial charge in [0, 0.05) is 0 Å². The quantitative estimate of drug-likeness (QED) is 0.942. The highest BCUT2D eigenvalue weighted by Gasteiger charge is 2.21. The lowest BCUT2D eigenvalue weighted by Crippen LogP contribution is -2.07. The molecule has 0 aliphatic heterocycles. The molecule has 0 bridgehead atoms. The lowest BCUT2D eigenvalue weighted by atomic mass is 10.3. The number of carbonyl (C=O) groups is 1. The lowest BCUT2D eigenvalue weighted by molar-refractivity contribution is 0.0701. The first-order valence-corrected chi connectivity index (χ1v) is 7.71. The van der Waals surface area contributed by atoms with Gasteiger partial charge in [-0.15, -0.1) is 11.3 Å². The monoisotopic (exact) mass is 300 g/mol. The maximum Gasteiger partial charge on any atom is 0.346 e. The molecule has 7 heteroatoms. The van der Waals surface area contributed by atoms with Crippen molar-refractivity contribution in [1.82, 2.24) is 0 Å². The van der Waals surface area contributed by atoms with Crippen molar-refractivity contribution in [2.75, 3.05) is 0 Å². The van der Waals surface area contributed by atoms with Crippen molar-refractivity contribution in [3.05, 3.63) is 52.0 Å². The van der Waals surface area contributed by atoms with E-state index in [1.165, 1.54) is 23.6 Å². The second-order valence-corrected chi connectivity index (χ2v) is 6.70. The van der Waals surface area contributed by atoms with E-state index in [-0.39, 0.29) is 15.3 Å². The second kappa shape index (κ2) is 5.10. The van der Waals surface area contributed by atoms with Gasteiger partial charge >= 0.3 is 5.97 Å². The van der Waals surface area contributed by atoms with Gasteiger partial charge in [0.05, 0.1) is 10.6 Å². The predicted molar refractivity (Wildman–Crippen MR) is 68.6 cm³/mol. The first-order valence-electron chi connectivity index (χ1n) is 5.18. The Morgan fingerprint density at radius 2 is 2.05 bits per heavy atom. The number of sulfone groups is 1. The van der Waals surface area contributed by atoms with Crippen LogP contribution in [-0.2, 0) is 15.6 Å². The number of carboxylic acid groups (broad SMARTS) is 1. The van der Waals surface area contributed by atoms with Crippen molar-refractivity contribution >= 4 is 27.1 Å². The van der Waals surface area contributed by atoms with Gasteiger partial charge in [0.25, 0.3) is 0 Å².